The van der Waals surface area contributed by atoms with E-state index in [-0.39, 0.29) is 0 Å². The van der Waals surface area contributed by atoms with E-state index < -0.39 is 0 Å². The van der Waals surface area contributed by atoms with Gasteiger partial charge in [0.05, 0.1) is 11.4 Å². The molecule has 0 N–H and O–H groups in total. The lowest BCUT2D eigenvalue weighted by molar-refractivity contribution is 1.18. The molecule has 0 bridgehead atoms. The van der Waals surface area contributed by atoms with Gasteiger partial charge >= 0.3 is 0 Å². The summed E-state index contributed by atoms with van der Waals surface area (Å²) in [6.45, 7) is 0. The molecule has 0 atom stereocenters. The van der Waals surface area contributed by atoms with Crippen molar-refractivity contribution in [3.05, 3.63) is 146 Å². The van der Waals surface area contributed by atoms with E-state index in [2.05, 4.69) is 89.9 Å². The first-order valence-electron chi connectivity index (χ1n) is 14.0. The molecular weight excluding hydrogens is 512 g/mol. The fourth-order valence-corrected chi connectivity index (χ4v) is 5.79. The molecule has 4 nitrogen and oxygen atoms in total. The summed E-state index contributed by atoms with van der Waals surface area (Å²) in [6, 6.07) is 46.0. The first-order valence-corrected chi connectivity index (χ1v) is 14.0. The topological polar surface area (TPSA) is 51.6 Å². The van der Waals surface area contributed by atoms with E-state index in [0.29, 0.717) is 5.82 Å². The molecule has 0 fully saturated rings. The maximum absolute atomic E-state index is 4.98. The van der Waals surface area contributed by atoms with Crippen LogP contribution in [-0.4, -0.2) is 19.9 Å². The summed E-state index contributed by atoms with van der Waals surface area (Å²) in [5.74, 6) is 1.44. The number of rotatable bonds is 4. The SMILES string of the molecule is c1ccc(-c2ccnc(-c3ccc4c(ccc5cc(-c6nccc(-c7ccccc7)n6)c6ccccc6c54)c3)n2)cc1. The highest BCUT2D eigenvalue weighted by Crippen LogP contribution is 2.38. The molecule has 0 unspecified atom stereocenters. The second kappa shape index (κ2) is 10.0. The van der Waals surface area contributed by atoms with Crippen molar-refractivity contribution in [2.75, 3.05) is 0 Å². The van der Waals surface area contributed by atoms with Crippen LogP contribution in [0.25, 0.3) is 77.6 Å². The molecule has 2 heterocycles. The van der Waals surface area contributed by atoms with Crippen LogP contribution in [0.15, 0.2) is 146 Å². The number of benzene rings is 6. The highest BCUT2D eigenvalue weighted by molar-refractivity contribution is 6.23. The van der Waals surface area contributed by atoms with Crippen LogP contribution in [-0.2, 0) is 0 Å². The van der Waals surface area contributed by atoms with Gasteiger partial charge in [0, 0.05) is 34.6 Å². The van der Waals surface area contributed by atoms with E-state index in [1.807, 2.05) is 60.9 Å². The Morgan fingerprint density at radius 2 is 0.976 bits per heavy atom. The molecule has 42 heavy (non-hydrogen) atoms. The van der Waals surface area contributed by atoms with Crippen molar-refractivity contribution < 1.29 is 0 Å². The first-order chi connectivity index (χ1) is 20.8. The maximum atomic E-state index is 4.98. The third-order valence-electron chi connectivity index (χ3n) is 7.79. The zero-order valence-electron chi connectivity index (χ0n) is 22.6. The zero-order valence-corrected chi connectivity index (χ0v) is 22.6. The average molecular weight is 537 g/mol. The lowest BCUT2D eigenvalue weighted by atomic mass is 9.92. The largest absolute Gasteiger partial charge is 0.237 e. The molecule has 0 aliphatic rings. The maximum Gasteiger partial charge on any atom is 0.160 e. The lowest BCUT2D eigenvalue weighted by Crippen LogP contribution is -1.94. The number of aromatic nitrogens is 4. The van der Waals surface area contributed by atoms with E-state index in [0.717, 1.165) is 55.6 Å². The van der Waals surface area contributed by atoms with Gasteiger partial charge in [-0.2, -0.15) is 0 Å². The van der Waals surface area contributed by atoms with Gasteiger partial charge in [-0.3, -0.25) is 0 Å². The average Bonchev–Trinajstić information content (AvgIpc) is 3.08. The van der Waals surface area contributed by atoms with Gasteiger partial charge < -0.3 is 0 Å². The molecule has 8 aromatic rings. The highest BCUT2D eigenvalue weighted by Gasteiger charge is 2.14. The molecule has 0 aliphatic heterocycles. The van der Waals surface area contributed by atoms with E-state index in [1.54, 1.807) is 0 Å². The fourth-order valence-electron chi connectivity index (χ4n) is 5.79. The Morgan fingerprint density at radius 3 is 1.69 bits per heavy atom. The molecule has 2 aromatic heterocycles. The molecular formula is C38H24N4. The standard InChI is InChI=1S/C38H24N4/c1-3-9-25(10-4-1)34-19-21-39-37(41-34)29-17-18-30-27(23-29)15-16-28-24-33(31-13-7-8-14-32(31)36(28)30)38-40-22-20-35(42-38)26-11-5-2-6-12-26/h1-24H. The Morgan fingerprint density at radius 1 is 0.381 bits per heavy atom. The van der Waals surface area contributed by atoms with Gasteiger partial charge in [0.15, 0.2) is 11.6 Å². The fraction of sp³-hybridized carbons (Fsp3) is 0. The van der Waals surface area contributed by atoms with Gasteiger partial charge in [-0.15, -0.1) is 0 Å². The molecule has 196 valence electrons. The third kappa shape index (κ3) is 4.18. The Balaban J connectivity index is 1.28. The Hall–Kier alpha value is -5.74. The van der Waals surface area contributed by atoms with E-state index in [4.69, 9.17) is 15.0 Å². The van der Waals surface area contributed by atoms with Gasteiger partial charge in [-0.25, -0.2) is 19.9 Å². The summed E-state index contributed by atoms with van der Waals surface area (Å²) in [4.78, 5) is 19.2. The van der Waals surface area contributed by atoms with E-state index >= 15 is 0 Å². The van der Waals surface area contributed by atoms with E-state index in [1.165, 1.54) is 16.2 Å². The minimum Gasteiger partial charge on any atom is -0.237 e. The monoisotopic (exact) mass is 536 g/mol. The van der Waals surface area contributed by atoms with Gasteiger partial charge in [-0.1, -0.05) is 109 Å². The highest BCUT2D eigenvalue weighted by atomic mass is 14.9. The second-order valence-electron chi connectivity index (χ2n) is 10.3. The van der Waals surface area contributed by atoms with Gasteiger partial charge in [0.1, 0.15) is 0 Å². The molecule has 0 saturated heterocycles. The van der Waals surface area contributed by atoms with Crippen LogP contribution in [0.1, 0.15) is 0 Å². The Labute approximate surface area is 243 Å². The van der Waals surface area contributed by atoms with Crippen LogP contribution in [0.4, 0.5) is 0 Å². The van der Waals surface area contributed by atoms with Crippen molar-refractivity contribution in [1.29, 1.82) is 0 Å². The number of hydrogen-bond acceptors (Lipinski definition) is 4. The minimum atomic E-state index is 0.717. The van der Waals surface area contributed by atoms with Crippen molar-refractivity contribution in [1.82, 2.24) is 19.9 Å². The van der Waals surface area contributed by atoms with Gasteiger partial charge in [0.2, 0.25) is 0 Å². The molecule has 8 rings (SSSR count). The van der Waals surface area contributed by atoms with Crippen molar-refractivity contribution >= 4 is 32.3 Å². The summed E-state index contributed by atoms with van der Waals surface area (Å²) in [5.41, 5.74) is 6.00. The predicted molar refractivity (Wildman–Crippen MR) is 172 cm³/mol. The number of fused-ring (bicyclic) bond motifs is 5. The summed E-state index contributed by atoms with van der Waals surface area (Å²) in [7, 11) is 0. The van der Waals surface area contributed by atoms with Gasteiger partial charge in [0.25, 0.3) is 0 Å². The molecule has 0 aliphatic carbocycles. The third-order valence-corrected chi connectivity index (χ3v) is 7.79. The molecule has 0 spiro atoms. The van der Waals surface area contributed by atoms with Crippen molar-refractivity contribution in [2.24, 2.45) is 0 Å². The normalized spacial score (nSPS) is 11.3. The van der Waals surface area contributed by atoms with Gasteiger partial charge in [-0.05, 0) is 56.6 Å². The summed E-state index contributed by atoms with van der Waals surface area (Å²) in [5, 5.41) is 7.02. The molecule has 0 amide bonds. The van der Waals surface area contributed by atoms with Crippen LogP contribution in [0, 0.1) is 0 Å². The van der Waals surface area contributed by atoms with Crippen molar-refractivity contribution in [3.63, 3.8) is 0 Å². The molecule has 4 heteroatoms. The first kappa shape index (κ1) is 24.1. The molecule has 6 aromatic carbocycles. The Bertz CT molecular complexity index is 2240. The lowest BCUT2D eigenvalue weighted by Gasteiger charge is -2.13. The molecule has 0 radical (unpaired) electrons. The summed E-state index contributed by atoms with van der Waals surface area (Å²) >= 11 is 0. The Kier molecular flexibility index (Phi) is 5.75. The van der Waals surface area contributed by atoms with Crippen LogP contribution >= 0.6 is 0 Å². The molecule has 0 saturated carbocycles. The van der Waals surface area contributed by atoms with Crippen LogP contribution in [0.3, 0.4) is 0 Å². The van der Waals surface area contributed by atoms with Crippen molar-refractivity contribution in [2.45, 2.75) is 0 Å². The second-order valence-corrected chi connectivity index (χ2v) is 10.3. The van der Waals surface area contributed by atoms with Crippen LogP contribution in [0.2, 0.25) is 0 Å². The quantitative estimate of drug-likeness (QED) is 0.210. The van der Waals surface area contributed by atoms with Crippen molar-refractivity contribution in [3.8, 4) is 45.3 Å². The predicted octanol–water partition coefficient (Wildman–Crippen LogP) is 9.39. The minimum absolute atomic E-state index is 0.717. The summed E-state index contributed by atoms with van der Waals surface area (Å²) in [6.07, 6.45) is 3.68. The number of hydrogen-bond donors (Lipinski definition) is 0. The smallest absolute Gasteiger partial charge is 0.160 e. The number of nitrogens with zero attached hydrogens (tertiary/aromatic N) is 4. The summed E-state index contributed by atoms with van der Waals surface area (Å²) < 4.78 is 0. The van der Waals surface area contributed by atoms with Crippen LogP contribution < -0.4 is 0 Å². The van der Waals surface area contributed by atoms with E-state index in [9.17, 15) is 0 Å². The van der Waals surface area contributed by atoms with Crippen LogP contribution in [0.5, 0.6) is 0 Å². The zero-order chi connectivity index (χ0) is 27.9.